The summed E-state index contributed by atoms with van der Waals surface area (Å²) in [7, 11) is 1.43. The summed E-state index contributed by atoms with van der Waals surface area (Å²) in [6.45, 7) is 3.83. The van der Waals surface area contributed by atoms with Crippen LogP contribution >= 0.6 is 0 Å². The van der Waals surface area contributed by atoms with E-state index in [0.29, 0.717) is 19.8 Å². The maximum absolute atomic E-state index is 12.0. The van der Waals surface area contributed by atoms with Gasteiger partial charge in [-0.25, -0.2) is 4.79 Å². The number of rotatable bonds is 6. The minimum atomic E-state index is -0.945. The summed E-state index contributed by atoms with van der Waals surface area (Å²) in [5, 5.41) is 11.4. The van der Waals surface area contributed by atoms with Crippen LogP contribution in [0.4, 0.5) is 4.79 Å². The number of methoxy groups -OCH3 is 1. The second-order valence-electron chi connectivity index (χ2n) is 4.47. The molecule has 110 valence electrons. The van der Waals surface area contributed by atoms with Crippen LogP contribution in [-0.4, -0.2) is 67.6 Å². The molecule has 19 heavy (non-hydrogen) atoms. The first kappa shape index (κ1) is 15.7. The lowest BCUT2D eigenvalue weighted by molar-refractivity contribution is -0.139. The molecule has 7 heteroatoms. The smallest absolute Gasteiger partial charge is 0.317 e. The maximum atomic E-state index is 12.0. The first-order chi connectivity index (χ1) is 9.08. The van der Waals surface area contributed by atoms with Crippen LogP contribution in [0.25, 0.3) is 0 Å². The van der Waals surface area contributed by atoms with Crippen LogP contribution in [0.5, 0.6) is 0 Å². The fraction of sp³-hybridized carbons (Fsp3) is 0.833. The van der Waals surface area contributed by atoms with Gasteiger partial charge in [0.2, 0.25) is 0 Å². The number of aliphatic carboxylic acids is 1. The summed E-state index contributed by atoms with van der Waals surface area (Å²) in [4.78, 5) is 24.4. The molecule has 0 radical (unpaired) electrons. The molecule has 0 saturated carbocycles. The molecule has 0 aromatic carbocycles. The molecule has 1 fully saturated rings. The number of carbonyl (C=O) groups excluding carboxylic acids is 1. The van der Waals surface area contributed by atoms with E-state index in [-0.39, 0.29) is 25.0 Å². The summed E-state index contributed by atoms with van der Waals surface area (Å²) in [5.74, 6) is -0.945. The van der Waals surface area contributed by atoms with Gasteiger partial charge in [-0.2, -0.15) is 0 Å². The summed E-state index contributed by atoms with van der Waals surface area (Å²) < 4.78 is 10.3. The molecule has 1 heterocycles. The molecule has 7 nitrogen and oxygen atoms in total. The first-order valence-electron chi connectivity index (χ1n) is 6.45. The third-order valence-corrected chi connectivity index (χ3v) is 3.18. The Balaban J connectivity index is 2.42. The first-order valence-corrected chi connectivity index (χ1v) is 6.45. The third kappa shape index (κ3) is 5.04. The van der Waals surface area contributed by atoms with E-state index in [2.05, 4.69) is 5.32 Å². The number of carboxylic acids is 1. The quantitative estimate of drug-likeness (QED) is 0.727. The van der Waals surface area contributed by atoms with Gasteiger partial charge < -0.3 is 24.8 Å². The van der Waals surface area contributed by atoms with E-state index >= 15 is 0 Å². The van der Waals surface area contributed by atoms with E-state index in [1.54, 1.807) is 4.90 Å². The molecule has 1 aliphatic rings. The largest absolute Gasteiger partial charge is 0.481 e. The van der Waals surface area contributed by atoms with E-state index in [0.717, 1.165) is 6.42 Å². The van der Waals surface area contributed by atoms with Gasteiger partial charge in [-0.1, -0.05) is 6.92 Å². The van der Waals surface area contributed by atoms with Gasteiger partial charge in [0.15, 0.2) is 0 Å². The Morgan fingerprint density at radius 3 is 2.89 bits per heavy atom. The summed E-state index contributed by atoms with van der Waals surface area (Å²) in [6, 6.07) is -0.114. The van der Waals surface area contributed by atoms with Crippen LogP contribution < -0.4 is 5.32 Å². The van der Waals surface area contributed by atoms with Crippen molar-refractivity contribution in [1.29, 1.82) is 0 Å². The standard InChI is InChI=1S/C12H22N2O5/c1-3-9-8-19-5-4-14(9)12(17)13-7-10(18-2)6-11(15)16/h9-10H,3-8H2,1-2H3,(H,13,17)(H,15,16). The molecule has 1 saturated heterocycles. The highest BCUT2D eigenvalue weighted by Gasteiger charge is 2.26. The molecule has 0 spiro atoms. The molecular formula is C12H22N2O5. The van der Waals surface area contributed by atoms with Gasteiger partial charge in [0.05, 0.1) is 31.8 Å². The van der Waals surface area contributed by atoms with E-state index < -0.39 is 12.1 Å². The Bertz CT molecular complexity index is 310. The number of ether oxygens (including phenoxy) is 2. The number of urea groups is 1. The molecule has 0 aliphatic carbocycles. The summed E-state index contributed by atoms with van der Waals surface area (Å²) in [5.41, 5.74) is 0. The zero-order valence-corrected chi connectivity index (χ0v) is 11.4. The van der Waals surface area contributed by atoms with Crippen molar-refractivity contribution in [2.45, 2.75) is 31.9 Å². The van der Waals surface area contributed by atoms with Crippen LogP contribution in [0.3, 0.4) is 0 Å². The highest BCUT2D eigenvalue weighted by Crippen LogP contribution is 2.10. The van der Waals surface area contributed by atoms with Crippen molar-refractivity contribution in [3.05, 3.63) is 0 Å². The highest BCUT2D eigenvalue weighted by atomic mass is 16.5. The number of nitrogens with zero attached hydrogens (tertiary/aromatic N) is 1. The number of carbonyl (C=O) groups is 2. The maximum Gasteiger partial charge on any atom is 0.317 e. The van der Waals surface area contributed by atoms with E-state index in [1.807, 2.05) is 6.92 Å². The average Bonchev–Trinajstić information content (AvgIpc) is 2.42. The van der Waals surface area contributed by atoms with Crippen molar-refractivity contribution in [2.75, 3.05) is 33.4 Å². The second kappa shape index (κ2) is 7.96. The van der Waals surface area contributed by atoms with Gasteiger partial charge in [-0.05, 0) is 6.42 Å². The molecule has 2 unspecified atom stereocenters. The normalized spacial score (nSPS) is 20.9. The molecular weight excluding hydrogens is 252 g/mol. The molecule has 2 amide bonds. The minimum Gasteiger partial charge on any atom is -0.481 e. The highest BCUT2D eigenvalue weighted by molar-refractivity contribution is 5.75. The predicted octanol–water partition coefficient (Wildman–Crippen LogP) is 0.297. The minimum absolute atomic E-state index is 0.0780. The number of hydrogen-bond acceptors (Lipinski definition) is 4. The lowest BCUT2D eigenvalue weighted by Gasteiger charge is -2.35. The van der Waals surface area contributed by atoms with Crippen molar-refractivity contribution < 1.29 is 24.2 Å². The van der Waals surface area contributed by atoms with Gasteiger partial charge in [0.25, 0.3) is 0 Å². The lowest BCUT2D eigenvalue weighted by atomic mass is 10.2. The van der Waals surface area contributed by atoms with Crippen LogP contribution in [0, 0.1) is 0 Å². The number of amides is 2. The molecule has 0 aromatic rings. The fourth-order valence-corrected chi connectivity index (χ4v) is 2.00. The Labute approximate surface area is 112 Å². The Hall–Kier alpha value is -1.34. The van der Waals surface area contributed by atoms with Crippen molar-refractivity contribution >= 4 is 12.0 Å². The van der Waals surface area contributed by atoms with Gasteiger partial charge in [0.1, 0.15) is 0 Å². The zero-order valence-electron chi connectivity index (χ0n) is 11.4. The number of morpholine rings is 1. The molecule has 1 rings (SSSR count). The zero-order chi connectivity index (χ0) is 14.3. The Morgan fingerprint density at radius 2 is 2.32 bits per heavy atom. The van der Waals surface area contributed by atoms with Gasteiger partial charge in [-0.3, -0.25) is 4.79 Å². The van der Waals surface area contributed by atoms with Crippen LogP contribution in [0.15, 0.2) is 0 Å². The molecule has 2 atom stereocenters. The average molecular weight is 274 g/mol. The molecule has 0 aromatic heterocycles. The molecule has 0 bridgehead atoms. The van der Waals surface area contributed by atoms with Crippen molar-refractivity contribution in [3.63, 3.8) is 0 Å². The monoisotopic (exact) mass is 274 g/mol. The number of nitrogens with one attached hydrogen (secondary N) is 1. The van der Waals surface area contributed by atoms with Gasteiger partial charge in [0, 0.05) is 20.2 Å². The second-order valence-corrected chi connectivity index (χ2v) is 4.47. The van der Waals surface area contributed by atoms with E-state index in [9.17, 15) is 9.59 Å². The van der Waals surface area contributed by atoms with E-state index in [1.165, 1.54) is 7.11 Å². The number of hydrogen-bond donors (Lipinski definition) is 2. The van der Waals surface area contributed by atoms with Crippen LogP contribution in [-0.2, 0) is 14.3 Å². The van der Waals surface area contributed by atoms with Gasteiger partial charge in [-0.15, -0.1) is 0 Å². The van der Waals surface area contributed by atoms with Crippen molar-refractivity contribution in [3.8, 4) is 0 Å². The SMILES string of the molecule is CCC1COCCN1C(=O)NCC(CC(=O)O)OC. The topological polar surface area (TPSA) is 88.1 Å². The summed E-state index contributed by atoms with van der Waals surface area (Å²) >= 11 is 0. The predicted molar refractivity (Wildman–Crippen MR) is 68.1 cm³/mol. The summed E-state index contributed by atoms with van der Waals surface area (Å²) in [6.07, 6.45) is 0.190. The molecule has 1 aliphatic heterocycles. The van der Waals surface area contributed by atoms with Crippen molar-refractivity contribution in [2.24, 2.45) is 0 Å². The lowest BCUT2D eigenvalue weighted by Crippen LogP contribution is -2.53. The fourth-order valence-electron chi connectivity index (χ4n) is 2.00. The Kier molecular flexibility index (Phi) is 6.58. The van der Waals surface area contributed by atoms with Gasteiger partial charge >= 0.3 is 12.0 Å². The third-order valence-electron chi connectivity index (χ3n) is 3.18. The van der Waals surface area contributed by atoms with E-state index in [4.69, 9.17) is 14.6 Å². The van der Waals surface area contributed by atoms with Crippen molar-refractivity contribution in [1.82, 2.24) is 10.2 Å². The van der Waals surface area contributed by atoms with Crippen LogP contribution in [0.1, 0.15) is 19.8 Å². The van der Waals surface area contributed by atoms with Crippen LogP contribution in [0.2, 0.25) is 0 Å². The number of carboxylic acid groups (broad SMARTS) is 1. The molecule has 2 N–H and O–H groups in total. The Morgan fingerprint density at radius 1 is 1.58 bits per heavy atom.